The van der Waals surface area contributed by atoms with E-state index in [2.05, 4.69) is 11.7 Å². The van der Waals surface area contributed by atoms with Crippen LogP contribution in [0.15, 0.2) is 23.0 Å². The quantitative estimate of drug-likeness (QED) is 0.676. The number of hydrogen-bond acceptors (Lipinski definition) is 4. The molecule has 0 radical (unpaired) electrons. The monoisotopic (exact) mass is 304 g/mol. The summed E-state index contributed by atoms with van der Waals surface area (Å²) in [6, 6.07) is 4.85. The molecule has 5 heteroatoms. The normalized spacial score (nSPS) is 17.5. The second-order valence-electron chi connectivity index (χ2n) is 5.38. The molecule has 0 spiro atoms. The molecule has 0 bridgehead atoms. The van der Waals surface area contributed by atoms with Gasteiger partial charge in [-0.25, -0.2) is 4.79 Å². The summed E-state index contributed by atoms with van der Waals surface area (Å²) in [7, 11) is 0. The van der Waals surface area contributed by atoms with Gasteiger partial charge < -0.3 is 9.84 Å². The highest BCUT2D eigenvalue weighted by Crippen LogP contribution is 2.33. The average molecular weight is 304 g/mol. The fourth-order valence-electron chi connectivity index (χ4n) is 2.90. The zero-order valence-electron chi connectivity index (χ0n) is 11.7. The zero-order valence-corrected chi connectivity index (χ0v) is 12.5. The number of benzene rings is 1. The van der Waals surface area contributed by atoms with Crippen LogP contribution in [0, 0.1) is 5.92 Å². The smallest absolute Gasteiger partial charge is 0.449 e. The average Bonchev–Trinajstić information content (AvgIpc) is 2.46. The van der Waals surface area contributed by atoms with Crippen LogP contribution in [0.3, 0.4) is 0 Å². The van der Waals surface area contributed by atoms with Gasteiger partial charge in [-0.1, -0.05) is 13.3 Å². The second kappa shape index (κ2) is 5.48. The lowest BCUT2D eigenvalue weighted by molar-refractivity contribution is 0.144. The van der Waals surface area contributed by atoms with Crippen molar-refractivity contribution < 1.29 is 14.6 Å². The van der Waals surface area contributed by atoms with E-state index in [0.717, 1.165) is 40.8 Å². The van der Waals surface area contributed by atoms with Crippen molar-refractivity contribution in [1.82, 2.24) is 0 Å². The van der Waals surface area contributed by atoms with E-state index in [-0.39, 0.29) is 11.2 Å². The highest BCUT2D eigenvalue weighted by molar-refractivity contribution is 7.18. The minimum atomic E-state index is -1.34. The first-order valence-electron chi connectivity index (χ1n) is 7.08. The van der Waals surface area contributed by atoms with Gasteiger partial charge >= 0.3 is 6.16 Å². The lowest BCUT2D eigenvalue weighted by atomic mass is 9.87. The number of fused-ring (bicyclic) bond motifs is 2. The molecular formula is C16H16O4S. The second-order valence-corrected chi connectivity index (χ2v) is 6.51. The van der Waals surface area contributed by atoms with E-state index in [1.165, 1.54) is 6.07 Å². The summed E-state index contributed by atoms with van der Waals surface area (Å²) in [6.07, 6.45) is 2.67. The number of carboxylic acid groups (broad SMARTS) is 1. The third-order valence-electron chi connectivity index (χ3n) is 4.10. The molecule has 0 fully saturated rings. The summed E-state index contributed by atoms with van der Waals surface area (Å²) < 4.78 is 5.47. The largest absolute Gasteiger partial charge is 0.511 e. The Balaban J connectivity index is 2.11. The third-order valence-corrected chi connectivity index (χ3v) is 5.32. The van der Waals surface area contributed by atoms with Crippen molar-refractivity contribution >= 4 is 27.6 Å². The van der Waals surface area contributed by atoms with Gasteiger partial charge in [0, 0.05) is 20.5 Å². The molecule has 1 unspecified atom stereocenters. The standard InChI is InChI=1S/C16H16O4S/c1-2-9-3-5-11-13(7-9)21-14-8-10(20-16(18)19)4-6-12(14)15(11)17/h4,6,8-9H,2-3,5,7H2,1H3,(H,18,19). The molecule has 1 aromatic heterocycles. The first-order valence-corrected chi connectivity index (χ1v) is 7.89. The van der Waals surface area contributed by atoms with E-state index < -0.39 is 6.16 Å². The van der Waals surface area contributed by atoms with Gasteiger partial charge in [0.25, 0.3) is 0 Å². The number of carbonyl (C=O) groups is 1. The van der Waals surface area contributed by atoms with Crippen LogP contribution in [0.5, 0.6) is 5.75 Å². The van der Waals surface area contributed by atoms with Gasteiger partial charge in [0.2, 0.25) is 0 Å². The molecule has 4 nitrogen and oxygen atoms in total. The van der Waals surface area contributed by atoms with Crippen molar-refractivity contribution in [2.24, 2.45) is 5.92 Å². The van der Waals surface area contributed by atoms with E-state index in [0.29, 0.717) is 11.3 Å². The molecule has 1 atom stereocenters. The Morgan fingerprint density at radius 2 is 2.29 bits per heavy atom. The van der Waals surface area contributed by atoms with Crippen molar-refractivity contribution in [3.63, 3.8) is 0 Å². The summed E-state index contributed by atoms with van der Waals surface area (Å²) in [6.45, 7) is 2.18. The summed E-state index contributed by atoms with van der Waals surface area (Å²) >= 11 is 1.59. The molecule has 1 aromatic carbocycles. The first-order chi connectivity index (χ1) is 10.1. The van der Waals surface area contributed by atoms with Crippen LogP contribution < -0.4 is 10.2 Å². The van der Waals surface area contributed by atoms with Crippen LogP contribution >= 0.6 is 11.3 Å². The van der Waals surface area contributed by atoms with Crippen LogP contribution in [-0.4, -0.2) is 11.3 Å². The van der Waals surface area contributed by atoms with Gasteiger partial charge in [0.05, 0.1) is 0 Å². The number of rotatable bonds is 2. The molecule has 1 heterocycles. The Hall–Kier alpha value is -1.88. The molecule has 0 amide bonds. The Bertz CT molecular complexity index is 763. The summed E-state index contributed by atoms with van der Waals surface area (Å²) in [5.41, 5.74) is 1.04. The Labute approximate surface area is 126 Å². The number of ether oxygens (including phenoxy) is 1. The Kier molecular flexibility index (Phi) is 3.68. The van der Waals surface area contributed by atoms with Gasteiger partial charge in [-0.2, -0.15) is 0 Å². The highest BCUT2D eigenvalue weighted by Gasteiger charge is 2.22. The lowest BCUT2D eigenvalue weighted by Crippen LogP contribution is -2.20. The van der Waals surface area contributed by atoms with Crippen molar-refractivity contribution in [3.05, 3.63) is 38.9 Å². The maximum Gasteiger partial charge on any atom is 0.511 e. The topological polar surface area (TPSA) is 63.6 Å². The number of hydrogen-bond donors (Lipinski definition) is 1. The summed E-state index contributed by atoms with van der Waals surface area (Å²) in [5, 5.41) is 9.33. The van der Waals surface area contributed by atoms with E-state index in [4.69, 9.17) is 5.11 Å². The van der Waals surface area contributed by atoms with Gasteiger partial charge in [0.1, 0.15) is 5.75 Å². The highest BCUT2D eigenvalue weighted by atomic mass is 32.1. The SMILES string of the molecule is CCC1CCc2c(sc3cc(OC(=O)O)ccc3c2=O)C1. The maximum atomic E-state index is 12.6. The molecule has 0 aliphatic heterocycles. The predicted molar refractivity (Wildman–Crippen MR) is 82.6 cm³/mol. The van der Waals surface area contributed by atoms with Crippen LogP contribution in [0.1, 0.15) is 30.2 Å². The van der Waals surface area contributed by atoms with Gasteiger partial charge in [-0.05, 0) is 43.4 Å². The summed E-state index contributed by atoms with van der Waals surface area (Å²) in [4.78, 5) is 24.3. The van der Waals surface area contributed by atoms with Gasteiger partial charge in [-0.15, -0.1) is 11.3 Å². The molecule has 0 saturated heterocycles. The Morgan fingerprint density at radius 3 is 3.00 bits per heavy atom. The molecule has 21 heavy (non-hydrogen) atoms. The molecule has 2 aromatic rings. The van der Waals surface area contributed by atoms with E-state index in [1.54, 1.807) is 23.5 Å². The maximum absolute atomic E-state index is 12.6. The third kappa shape index (κ3) is 2.65. The van der Waals surface area contributed by atoms with Crippen molar-refractivity contribution in [3.8, 4) is 5.75 Å². The van der Waals surface area contributed by atoms with Gasteiger partial charge in [0.15, 0.2) is 5.43 Å². The fourth-order valence-corrected chi connectivity index (χ4v) is 4.25. The van der Waals surface area contributed by atoms with Crippen molar-refractivity contribution in [2.75, 3.05) is 0 Å². The molecule has 110 valence electrons. The fraction of sp³-hybridized carbons (Fsp3) is 0.375. The lowest BCUT2D eigenvalue weighted by Gasteiger charge is -2.22. The van der Waals surface area contributed by atoms with Crippen LogP contribution in [0.4, 0.5) is 4.79 Å². The van der Waals surface area contributed by atoms with Crippen LogP contribution in [0.2, 0.25) is 0 Å². The van der Waals surface area contributed by atoms with Crippen molar-refractivity contribution in [2.45, 2.75) is 32.6 Å². The predicted octanol–water partition coefficient (Wildman–Crippen LogP) is 3.83. The molecular weight excluding hydrogens is 288 g/mol. The molecule has 3 rings (SSSR count). The zero-order chi connectivity index (χ0) is 15.0. The molecule has 0 saturated carbocycles. The van der Waals surface area contributed by atoms with Gasteiger partial charge in [-0.3, -0.25) is 4.79 Å². The Morgan fingerprint density at radius 1 is 1.48 bits per heavy atom. The van der Waals surface area contributed by atoms with E-state index in [1.807, 2.05) is 0 Å². The van der Waals surface area contributed by atoms with Crippen LogP contribution in [-0.2, 0) is 12.8 Å². The molecule has 1 aliphatic rings. The van der Waals surface area contributed by atoms with Crippen LogP contribution in [0.25, 0.3) is 10.1 Å². The molecule has 1 N–H and O–H groups in total. The van der Waals surface area contributed by atoms with E-state index in [9.17, 15) is 9.59 Å². The van der Waals surface area contributed by atoms with Crippen molar-refractivity contribution in [1.29, 1.82) is 0 Å². The summed E-state index contributed by atoms with van der Waals surface area (Å²) in [5.74, 6) is 0.900. The minimum Gasteiger partial charge on any atom is -0.449 e. The molecule has 1 aliphatic carbocycles. The minimum absolute atomic E-state index is 0.0928. The first kappa shape index (κ1) is 14.1. The van der Waals surface area contributed by atoms with E-state index >= 15 is 0 Å².